The standard InChI is InChI=1S/C21H22F2N6O3/c1-13-11-28(4-5-29(13)17-7-15(22)6-16(23)8-17)18(30)2-3-21(14-9-24-12-25-10-14)19(31)26-20(32)27-21/h6-10,12-13H,2-5,11H2,1H3,(H2,26,27,31,32)/t13-,21?/m0/s1. The Morgan fingerprint density at radius 3 is 2.44 bits per heavy atom. The first kappa shape index (κ1) is 21.6. The van der Waals surface area contributed by atoms with E-state index in [1.54, 1.807) is 4.90 Å². The SMILES string of the molecule is C[C@H]1CN(C(=O)CCC2(c3cncnc3)NC(=O)NC2=O)CCN1c1cc(F)cc(F)c1. The zero-order valence-corrected chi connectivity index (χ0v) is 17.3. The molecule has 1 aromatic carbocycles. The van der Waals surface area contributed by atoms with E-state index in [2.05, 4.69) is 20.6 Å². The molecule has 2 saturated heterocycles. The van der Waals surface area contributed by atoms with Crippen LogP contribution in [0, 0.1) is 11.6 Å². The monoisotopic (exact) mass is 444 g/mol. The van der Waals surface area contributed by atoms with Crippen LogP contribution >= 0.6 is 0 Å². The Morgan fingerprint density at radius 2 is 1.84 bits per heavy atom. The molecule has 4 rings (SSSR count). The van der Waals surface area contributed by atoms with E-state index in [9.17, 15) is 23.2 Å². The van der Waals surface area contributed by atoms with E-state index in [0.29, 0.717) is 30.9 Å². The molecule has 0 radical (unpaired) electrons. The Bertz CT molecular complexity index is 1030. The van der Waals surface area contributed by atoms with Crippen LogP contribution in [0.3, 0.4) is 0 Å². The third-order valence-corrected chi connectivity index (χ3v) is 5.87. The number of urea groups is 1. The van der Waals surface area contributed by atoms with Crippen molar-refractivity contribution in [1.29, 1.82) is 0 Å². The molecule has 2 atom stereocenters. The molecule has 0 aliphatic carbocycles. The van der Waals surface area contributed by atoms with Crippen molar-refractivity contribution < 1.29 is 23.2 Å². The Morgan fingerprint density at radius 1 is 1.16 bits per heavy atom. The number of benzene rings is 1. The van der Waals surface area contributed by atoms with Gasteiger partial charge in [-0.3, -0.25) is 14.9 Å². The fraction of sp³-hybridized carbons (Fsp3) is 0.381. The lowest BCUT2D eigenvalue weighted by atomic mass is 9.87. The Kier molecular flexibility index (Phi) is 5.72. The van der Waals surface area contributed by atoms with Crippen molar-refractivity contribution in [1.82, 2.24) is 25.5 Å². The van der Waals surface area contributed by atoms with Crippen molar-refractivity contribution in [3.8, 4) is 0 Å². The number of hydrogen-bond acceptors (Lipinski definition) is 6. The van der Waals surface area contributed by atoms with Crippen LogP contribution < -0.4 is 15.5 Å². The van der Waals surface area contributed by atoms with Gasteiger partial charge in [0.15, 0.2) is 0 Å². The van der Waals surface area contributed by atoms with Crippen molar-refractivity contribution in [2.75, 3.05) is 24.5 Å². The highest BCUT2D eigenvalue weighted by Crippen LogP contribution is 2.30. The largest absolute Gasteiger partial charge is 0.365 e. The predicted octanol–water partition coefficient (Wildman–Crippen LogP) is 1.31. The molecule has 2 aliphatic heterocycles. The average Bonchev–Trinajstić information content (AvgIpc) is 3.05. The van der Waals surface area contributed by atoms with Gasteiger partial charge in [-0.25, -0.2) is 23.5 Å². The van der Waals surface area contributed by atoms with E-state index in [4.69, 9.17) is 0 Å². The minimum Gasteiger partial charge on any atom is -0.365 e. The molecule has 1 unspecified atom stereocenters. The number of halogens is 2. The Balaban J connectivity index is 1.43. The second-order valence-corrected chi connectivity index (χ2v) is 7.95. The van der Waals surface area contributed by atoms with Crippen LogP contribution in [0.15, 0.2) is 36.9 Å². The van der Waals surface area contributed by atoms with Gasteiger partial charge in [-0.2, -0.15) is 0 Å². The second kappa shape index (κ2) is 8.48. The molecule has 168 valence electrons. The van der Waals surface area contributed by atoms with Gasteiger partial charge in [0.2, 0.25) is 5.91 Å². The number of amides is 4. The first-order chi connectivity index (χ1) is 15.3. The molecule has 4 amide bonds. The highest BCUT2D eigenvalue weighted by molar-refractivity contribution is 6.07. The third-order valence-electron chi connectivity index (χ3n) is 5.87. The molecule has 11 heteroatoms. The van der Waals surface area contributed by atoms with Crippen molar-refractivity contribution in [3.05, 3.63) is 54.1 Å². The average molecular weight is 444 g/mol. The van der Waals surface area contributed by atoms with Gasteiger partial charge in [-0.05, 0) is 25.5 Å². The number of rotatable bonds is 5. The van der Waals surface area contributed by atoms with Gasteiger partial charge in [-0.1, -0.05) is 0 Å². The highest BCUT2D eigenvalue weighted by Gasteiger charge is 2.48. The molecule has 2 aliphatic rings. The van der Waals surface area contributed by atoms with Crippen LogP contribution in [-0.2, 0) is 15.1 Å². The Labute approximate surface area is 182 Å². The molecule has 0 bridgehead atoms. The number of anilines is 1. The number of nitrogens with one attached hydrogen (secondary N) is 2. The number of imide groups is 1. The van der Waals surface area contributed by atoms with Crippen molar-refractivity contribution in [3.63, 3.8) is 0 Å². The summed E-state index contributed by atoms with van der Waals surface area (Å²) in [5.74, 6) is -2.06. The summed E-state index contributed by atoms with van der Waals surface area (Å²) in [6.45, 7) is 3.00. The molecular formula is C21H22F2N6O3. The number of aromatic nitrogens is 2. The quantitative estimate of drug-likeness (QED) is 0.674. The summed E-state index contributed by atoms with van der Waals surface area (Å²) >= 11 is 0. The lowest BCUT2D eigenvalue weighted by Crippen LogP contribution is -2.54. The smallest absolute Gasteiger partial charge is 0.322 e. The van der Waals surface area contributed by atoms with Crippen LogP contribution in [0.5, 0.6) is 0 Å². The van der Waals surface area contributed by atoms with Gasteiger partial charge >= 0.3 is 6.03 Å². The van der Waals surface area contributed by atoms with Crippen LogP contribution in [0.25, 0.3) is 0 Å². The number of hydrogen-bond donors (Lipinski definition) is 2. The van der Waals surface area contributed by atoms with Crippen molar-refractivity contribution in [2.45, 2.75) is 31.3 Å². The zero-order valence-electron chi connectivity index (χ0n) is 17.3. The first-order valence-corrected chi connectivity index (χ1v) is 10.2. The molecule has 2 N–H and O–H groups in total. The maximum absolute atomic E-state index is 13.6. The molecule has 2 aromatic rings. The summed E-state index contributed by atoms with van der Waals surface area (Å²) in [4.78, 5) is 48.6. The predicted molar refractivity (Wildman–Crippen MR) is 109 cm³/mol. The van der Waals surface area contributed by atoms with Crippen LogP contribution in [-0.4, -0.2) is 58.4 Å². The molecule has 9 nitrogen and oxygen atoms in total. The first-order valence-electron chi connectivity index (χ1n) is 10.2. The van der Waals surface area contributed by atoms with E-state index in [-0.39, 0.29) is 24.8 Å². The van der Waals surface area contributed by atoms with E-state index in [1.807, 2.05) is 11.8 Å². The normalized spacial score (nSPS) is 23.2. The van der Waals surface area contributed by atoms with Gasteiger partial charge in [-0.15, -0.1) is 0 Å². The van der Waals surface area contributed by atoms with Gasteiger partial charge < -0.3 is 15.1 Å². The van der Waals surface area contributed by atoms with Gasteiger partial charge in [0.05, 0.1) is 0 Å². The number of nitrogens with zero attached hydrogens (tertiary/aromatic N) is 4. The van der Waals surface area contributed by atoms with Crippen LogP contribution in [0.2, 0.25) is 0 Å². The summed E-state index contributed by atoms with van der Waals surface area (Å²) in [5.41, 5.74) is -0.599. The summed E-state index contributed by atoms with van der Waals surface area (Å²) in [6.07, 6.45) is 4.22. The summed E-state index contributed by atoms with van der Waals surface area (Å²) in [6, 6.07) is 2.55. The van der Waals surface area contributed by atoms with Crippen LogP contribution in [0.4, 0.5) is 19.3 Å². The minimum atomic E-state index is -1.42. The number of carbonyl (C=O) groups excluding carboxylic acids is 3. The van der Waals surface area contributed by atoms with Gasteiger partial charge in [0.1, 0.15) is 23.5 Å². The zero-order chi connectivity index (χ0) is 22.9. The molecule has 2 fully saturated rings. The highest BCUT2D eigenvalue weighted by atomic mass is 19.1. The van der Waals surface area contributed by atoms with E-state index >= 15 is 0 Å². The lowest BCUT2D eigenvalue weighted by Gasteiger charge is -2.41. The molecule has 0 saturated carbocycles. The third kappa shape index (κ3) is 4.10. The van der Waals surface area contributed by atoms with Crippen molar-refractivity contribution >= 4 is 23.5 Å². The Hall–Kier alpha value is -3.63. The molecule has 0 spiro atoms. The topological polar surface area (TPSA) is 108 Å². The number of carbonyl (C=O) groups is 3. The molecule has 32 heavy (non-hydrogen) atoms. The molecular weight excluding hydrogens is 422 g/mol. The van der Waals surface area contributed by atoms with Gasteiger partial charge in [0, 0.05) is 61.8 Å². The summed E-state index contributed by atoms with van der Waals surface area (Å²) in [7, 11) is 0. The minimum absolute atomic E-state index is 0.00388. The lowest BCUT2D eigenvalue weighted by molar-refractivity contribution is -0.133. The van der Waals surface area contributed by atoms with Gasteiger partial charge in [0.25, 0.3) is 5.91 Å². The number of piperazine rings is 1. The molecule has 3 heterocycles. The fourth-order valence-corrected chi connectivity index (χ4v) is 4.26. The van der Waals surface area contributed by atoms with Crippen molar-refractivity contribution in [2.24, 2.45) is 0 Å². The summed E-state index contributed by atoms with van der Waals surface area (Å²) in [5, 5.41) is 4.82. The maximum atomic E-state index is 13.6. The van der Waals surface area contributed by atoms with Crippen LogP contribution in [0.1, 0.15) is 25.3 Å². The maximum Gasteiger partial charge on any atom is 0.322 e. The summed E-state index contributed by atoms with van der Waals surface area (Å²) < 4.78 is 27.2. The van der Waals surface area contributed by atoms with E-state index in [1.165, 1.54) is 30.9 Å². The van der Waals surface area contributed by atoms with E-state index < -0.39 is 29.1 Å². The fourth-order valence-electron chi connectivity index (χ4n) is 4.26. The second-order valence-electron chi connectivity index (χ2n) is 7.95. The molecule has 1 aromatic heterocycles. The van der Waals surface area contributed by atoms with E-state index in [0.717, 1.165) is 6.07 Å².